The highest BCUT2D eigenvalue weighted by Crippen LogP contribution is 2.43. The van der Waals surface area contributed by atoms with Crippen LogP contribution in [0.1, 0.15) is 0 Å². The molecule has 10 aromatic carbocycles. The van der Waals surface area contributed by atoms with Crippen molar-refractivity contribution in [1.82, 2.24) is 9.13 Å². The van der Waals surface area contributed by atoms with Crippen molar-refractivity contribution in [3.05, 3.63) is 229 Å². The summed E-state index contributed by atoms with van der Waals surface area (Å²) in [5.74, 6) is 0. The van der Waals surface area contributed by atoms with E-state index in [1.165, 1.54) is 114 Å². The molecule has 0 aliphatic carbocycles. The van der Waals surface area contributed by atoms with Gasteiger partial charge in [-0.3, -0.25) is 0 Å². The van der Waals surface area contributed by atoms with Crippen LogP contribution in [0.4, 0.5) is 0 Å². The molecule has 0 radical (unpaired) electrons. The van der Waals surface area contributed by atoms with Crippen LogP contribution in [0.3, 0.4) is 0 Å². The first-order valence-electron chi connectivity index (χ1n) is 21.7. The second kappa shape index (κ2) is 14.8. The highest BCUT2D eigenvalue weighted by atomic mass is 79.9. The van der Waals surface area contributed by atoms with Crippen LogP contribution in [0.2, 0.25) is 0 Å². The average Bonchev–Trinajstić information content (AvgIpc) is 4.02. The summed E-state index contributed by atoms with van der Waals surface area (Å²) in [5, 5.41) is 7.58. The molecule has 0 saturated heterocycles. The summed E-state index contributed by atoms with van der Waals surface area (Å²) in [6.07, 6.45) is 0. The molecule has 0 spiro atoms. The Hall–Kier alpha value is -7.50. The molecule has 0 unspecified atom stereocenters. The van der Waals surface area contributed by atoms with E-state index in [1.807, 2.05) is 11.3 Å². The van der Waals surface area contributed by atoms with Gasteiger partial charge in [-0.1, -0.05) is 149 Å². The third kappa shape index (κ3) is 5.98. The van der Waals surface area contributed by atoms with Crippen molar-refractivity contribution in [3.63, 3.8) is 0 Å². The van der Waals surface area contributed by atoms with E-state index in [4.69, 9.17) is 0 Å². The van der Waals surface area contributed by atoms with E-state index in [-0.39, 0.29) is 0 Å². The normalized spacial score (nSPS) is 11.8. The third-order valence-corrected chi connectivity index (χ3v) is 14.7. The molecule has 0 amide bonds. The van der Waals surface area contributed by atoms with Crippen molar-refractivity contribution in [2.75, 3.05) is 0 Å². The van der Waals surface area contributed by atoms with Crippen molar-refractivity contribution in [1.29, 1.82) is 0 Å². The van der Waals surface area contributed by atoms with Crippen LogP contribution in [0.25, 0.3) is 120 Å². The first-order valence-corrected chi connectivity index (χ1v) is 23.3. The number of nitrogens with zero attached hydrogens (tertiary/aromatic N) is 2. The van der Waals surface area contributed by atoms with Gasteiger partial charge >= 0.3 is 0 Å². The van der Waals surface area contributed by atoms with Gasteiger partial charge in [0.25, 0.3) is 0 Å². The van der Waals surface area contributed by atoms with E-state index in [1.54, 1.807) is 0 Å². The standard InChI is InChI=1S/C60H37BrN2S/c61-46-28-24-39(25-29-46)43-32-44(41-26-30-56-52(36-41)48-16-4-7-20-54(48)62(56)47-15-10-14-40(35-47)38-12-2-1-3-13-38)34-45(33-43)42-27-31-57-53(37-42)49-17-5-8-21-55(49)63(57)58-22-11-19-51-50-18-6-9-23-59(50)64-60(51)58/h1-37H. The molecule has 0 bridgehead atoms. The number of aromatic nitrogens is 2. The van der Waals surface area contributed by atoms with E-state index in [2.05, 4.69) is 250 Å². The summed E-state index contributed by atoms with van der Waals surface area (Å²) >= 11 is 5.56. The van der Waals surface area contributed by atoms with E-state index in [0.717, 1.165) is 10.2 Å². The van der Waals surface area contributed by atoms with Crippen molar-refractivity contribution < 1.29 is 0 Å². The number of halogens is 1. The van der Waals surface area contributed by atoms with Gasteiger partial charge in [0.05, 0.1) is 32.5 Å². The maximum atomic E-state index is 3.68. The van der Waals surface area contributed by atoms with Gasteiger partial charge in [-0.2, -0.15) is 0 Å². The summed E-state index contributed by atoms with van der Waals surface area (Å²) < 4.78 is 8.57. The molecule has 13 rings (SSSR count). The Labute approximate surface area is 382 Å². The highest BCUT2D eigenvalue weighted by Gasteiger charge is 2.19. The van der Waals surface area contributed by atoms with Crippen molar-refractivity contribution in [2.45, 2.75) is 0 Å². The zero-order chi connectivity index (χ0) is 42.3. The van der Waals surface area contributed by atoms with Crippen molar-refractivity contribution in [2.24, 2.45) is 0 Å². The molecular weight excluding hydrogens is 861 g/mol. The van der Waals surface area contributed by atoms with Gasteiger partial charge in [0.2, 0.25) is 0 Å². The largest absolute Gasteiger partial charge is 0.309 e. The van der Waals surface area contributed by atoms with E-state index >= 15 is 0 Å². The summed E-state index contributed by atoms with van der Waals surface area (Å²) in [4.78, 5) is 0. The Kier molecular flexibility index (Phi) is 8.58. The molecule has 0 aliphatic heterocycles. The number of hydrogen-bond acceptors (Lipinski definition) is 1. The lowest BCUT2D eigenvalue weighted by molar-refractivity contribution is 1.18. The smallest absolute Gasteiger partial charge is 0.0640 e. The van der Waals surface area contributed by atoms with Gasteiger partial charge in [-0.15, -0.1) is 11.3 Å². The van der Waals surface area contributed by atoms with Gasteiger partial charge < -0.3 is 9.13 Å². The molecule has 3 aromatic heterocycles. The van der Waals surface area contributed by atoms with Gasteiger partial charge in [-0.25, -0.2) is 0 Å². The Morgan fingerprint density at radius 2 is 0.781 bits per heavy atom. The van der Waals surface area contributed by atoms with E-state index in [0.29, 0.717) is 0 Å². The quantitative estimate of drug-likeness (QED) is 0.157. The first-order chi connectivity index (χ1) is 31.6. The Balaban J connectivity index is 0.986. The first kappa shape index (κ1) is 37.1. The maximum Gasteiger partial charge on any atom is 0.0640 e. The minimum atomic E-state index is 1.07. The molecule has 13 aromatic rings. The van der Waals surface area contributed by atoms with Gasteiger partial charge in [0.1, 0.15) is 0 Å². The van der Waals surface area contributed by atoms with Crippen LogP contribution >= 0.6 is 27.3 Å². The molecule has 0 atom stereocenters. The molecule has 3 heterocycles. The molecule has 4 heteroatoms. The fraction of sp³-hybridized carbons (Fsp3) is 0. The number of fused-ring (bicyclic) bond motifs is 9. The summed E-state index contributed by atoms with van der Waals surface area (Å²) in [5.41, 5.74) is 16.7. The van der Waals surface area contributed by atoms with Crippen LogP contribution in [0, 0.1) is 0 Å². The van der Waals surface area contributed by atoms with Crippen LogP contribution in [0.15, 0.2) is 229 Å². The van der Waals surface area contributed by atoms with Crippen LogP contribution in [-0.4, -0.2) is 9.13 Å². The summed E-state index contributed by atoms with van der Waals surface area (Å²) in [6.45, 7) is 0. The third-order valence-electron chi connectivity index (χ3n) is 13.0. The summed E-state index contributed by atoms with van der Waals surface area (Å²) in [7, 11) is 0. The topological polar surface area (TPSA) is 9.86 Å². The second-order valence-electron chi connectivity index (χ2n) is 16.6. The maximum absolute atomic E-state index is 3.68. The van der Waals surface area contributed by atoms with Gasteiger partial charge in [0.15, 0.2) is 0 Å². The van der Waals surface area contributed by atoms with E-state index in [9.17, 15) is 0 Å². The Morgan fingerprint density at radius 3 is 1.48 bits per heavy atom. The molecular formula is C60H37BrN2S. The fourth-order valence-corrected chi connectivity index (χ4v) is 11.4. The van der Waals surface area contributed by atoms with Crippen LogP contribution in [-0.2, 0) is 0 Å². The van der Waals surface area contributed by atoms with Crippen molar-refractivity contribution >= 4 is 91.1 Å². The molecule has 0 N–H and O–H groups in total. The minimum Gasteiger partial charge on any atom is -0.309 e. The van der Waals surface area contributed by atoms with Crippen LogP contribution < -0.4 is 0 Å². The van der Waals surface area contributed by atoms with Gasteiger partial charge in [0, 0.05) is 47.2 Å². The predicted molar refractivity (Wildman–Crippen MR) is 277 cm³/mol. The Morgan fingerprint density at radius 1 is 0.297 bits per heavy atom. The predicted octanol–water partition coefficient (Wildman–Crippen LogP) is 17.7. The van der Waals surface area contributed by atoms with E-state index < -0.39 is 0 Å². The molecule has 64 heavy (non-hydrogen) atoms. The van der Waals surface area contributed by atoms with Crippen molar-refractivity contribution in [3.8, 4) is 55.9 Å². The molecule has 0 saturated carbocycles. The molecule has 300 valence electrons. The van der Waals surface area contributed by atoms with Gasteiger partial charge in [-0.05, 0) is 136 Å². The number of para-hydroxylation sites is 2. The number of benzene rings is 10. The molecule has 2 nitrogen and oxygen atoms in total. The molecule has 0 aliphatic rings. The summed E-state index contributed by atoms with van der Waals surface area (Å²) in [6, 6.07) is 82.5. The highest BCUT2D eigenvalue weighted by molar-refractivity contribution is 9.10. The van der Waals surface area contributed by atoms with Crippen LogP contribution in [0.5, 0.6) is 0 Å². The fourth-order valence-electron chi connectivity index (χ4n) is 9.98. The lowest BCUT2D eigenvalue weighted by Crippen LogP contribution is -1.94. The zero-order valence-corrected chi connectivity index (χ0v) is 36.9. The Bertz CT molecular complexity index is 3960. The number of hydrogen-bond donors (Lipinski definition) is 0. The second-order valence-corrected chi connectivity index (χ2v) is 18.6. The lowest BCUT2D eigenvalue weighted by Gasteiger charge is -2.13. The molecule has 0 fully saturated rings. The minimum absolute atomic E-state index is 1.07. The number of rotatable bonds is 6. The zero-order valence-electron chi connectivity index (χ0n) is 34.5. The average molecular weight is 898 g/mol. The number of thiophene rings is 1. The lowest BCUT2D eigenvalue weighted by atomic mass is 9.92. The SMILES string of the molecule is Brc1ccc(-c2cc(-c3ccc4c(c3)c3ccccc3n4-c3cccc(-c4ccccc4)c3)cc(-c3ccc4c(c3)c3ccccc3n4-c3cccc4c3sc3ccccc34)c2)cc1. The monoisotopic (exact) mass is 896 g/mol.